The average molecular weight is 157 g/mol. The summed E-state index contributed by atoms with van der Waals surface area (Å²) in [5, 5.41) is 3.77. The fraction of sp³-hybridized carbons (Fsp3) is 0.875. The van der Waals surface area contributed by atoms with E-state index >= 15 is 0 Å². The first-order chi connectivity index (χ1) is 5.10. The molecule has 11 heavy (non-hydrogen) atoms. The Morgan fingerprint density at radius 1 is 1.45 bits per heavy atom. The monoisotopic (exact) mass is 157 g/mol. The lowest BCUT2D eigenvalue weighted by Gasteiger charge is -2.24. The van der Waals surface area contributed by atoms with Crippen LogP contribution in [0.1, 0.15) is 27.2 Å². The molecule has 0 aromatic carbocycles. The predicted molar refractivity (Wildman–Crippen MR) is 43.4 cm³/mol. The van der Waals surface area contributed by atoms with Gasteiger partial charge in [0.15, 0.2) is 0 Å². The second-order valence-corrected chi connectivity index (χ2v) is 3.65. The zero-order valence-electron chi connectivity index (χ0n) is 7.39. The van der Waals surface area contributed by atoms with Crippen molar-refractivity contribution in [3.8, 4) is 0 Å². The molecule has 0 aliphatic carbocycles. The lowest BCUT2D eigenvalue weighted by molar-refractivity contribution is 0.0332. The second kappa shape index (κ2) is 3.11. The van der Waals surface area contributed by atoms with Crippen LogP contribution in [0.15, 0.2) is 5.16 Å². The fourth-order valence-corrected chi connectivity index (χ4v) is 0.871. The van der Waals surface area contributed by atoms with Crippen LogP contribution in [-0.4, -0.2) is 19.1 Å². The average Bonchev–Trinajstić information content (AvgIpc) is 1.83. The summed E-state index contributed by atoms with van der Waals surface area (Å²) in [6.07, 6.45) is 1.01. The molecule has 0 amide bonds. The predicted octanol–water partition coefficient (Wildman–Crippen LogP) is 1.78. The molecule has 1 aliphatic heterocycles. The Kier molecular flexibility index (Phi) is 2.37. The molecule has 3 nitrogen and oxygen atoms in total. The molecule has 1 rings (SSSR count). The van der Waals surface area contributed by atoms with Crippen molar-refractivity contribution in [3.05, 3.63) is 0 Å². The van der Waals surface area contributed by atoms with E-state index in [0.717, 1.165) is 13.0 Å². The van der Waals surface area contributed by atoms with E-state index in [-0.39, 0.29) is 5.41 Å². The van der Waals surface area contributed by atoms with Gasteiger partial charge in [0.25, 0.3) is 0 Å². The van der Waals surface area contributed by atoms with E-state index in [1.165, 1.54) is 0 Å². The van der Waals surface area contributed by atoms with Crippen LogP contribution in [0.3, 0.4) is 0 Å². The van der Waals surface area contributed by atoms with Crippen molar-refractivity contribution in [1.29, 1.82) is 0 Å². The minimum absolute atomic E-state index is 0.185. The third kappa shape index (κ3) is 2.78. The Hall–Kier alpha value is -0.730. The van der Waals surface area contributed by atoms with Crippen LogP contribution in [0.4, 0.5) is 0 Å². The zero-order valence-corrected chi connectivity index (χ0v) is 7.39. The Balaban J connectivity index is 2.50. The number of oxime groups is 1. The van der Waals surface area contributed by atoms with E-state index < -0.39 is 0 Å². The van der Waals surface area contributed by atoms with Crippen LogP contribution in [-0.2, 0) is 9.57 Å². The third-order valence-electron chi connectivity index (χ3n) is 1.74. The Labute approximate surface area is 67.4 Å². The highest BCUT2D eigenvalue weighted by Gasteiger charge is 2.20. The number of nitrogens with zero attached hydrogens (tertiary/aromatic N) is 1. The van der Waals surface area contributed by atoms with Gasteiger partial charge in [0.05, 0.1) is 6.61 Å². The number of rotatable bonds is 0. The molecule has 0 atom stereocenters. The molecular weight excluding hydrogens is 142 g/mol. The highest BCUT2D eigenvalue weighted by Crippen LogP contribution is 2.21. The first-order valence-corrected chi connectivity index (χ1v) is 3.89. The van der Waals surface area contributed by atoms with Crippen LogP contribution < -0.4 is 0 Å². The lowest BCUT2D eigenvalue weighted by Crippen LogP contribution is -2.23. The van der Waals surface area contributed by atoms with Crippen LogP contribution in [0, 0.1) is 5.41 Å². The van der Waals surface area contributed by atoms with Crippen molar-refractivity contribution in [2.24, 2.45) is 10.6 Å². The summed E-state index contributed by atoms with van der Waals surface area (Å²) in [6.45, 7) is 7.51. The SMILES string of the molecule is C/C1=N/OCC(C)(C)CCO1. The number of hydrogen-bond acceptors (Lipinski definition) is 3. The highest BCUT2D eigenvalue weighted by molar-refractivity contribution is 5.72. The zero-order chi connectivity index (χ0) is 8.32. The fourth-order valence-electron chi connectivity index (χ4n) is 0.871. The van der Waals surface area contributed by atoms with Gasteiger partial charge >= 0.3 is 0 Å². The summed E-state index contributed by atoms with van der Waals surface area (Å²) in [4.78, 5) is 5.06. The molecule has 0 fully saturated rings. The minimum Gasteiger partial charge on any atom is -0.479 e. The molecule has 0 radical (unpaired) electrons. The molecule has 0 unspecified atom stereocenters. The molecule has 0 aromatic rings. The smallest absolute Gasteiger partial charge is 0.222 e. The van der Waals surface area contributed by atoms with Crippen LogP contribution in [0.5, 0.6) is 0 Å². The molecule has 0 bridgehead atoms. The normalized spacial score (nSPS) is 28.5. The van der Waals surface area contributed by atoms with Crippen LogP contribution in [0.25, 0.3) is 0 Å². The van der Waals surface area contributed by atoms with Gasteiger partial charge in [0.2, 0.25) is 5.90 Å². The van der Waals surface area contributed by atoms with E-state index in [9.17, 15) is 0 Å². The number of hydrogen-bond donors (Lipinski definition) is 0. The second-order valence-electron chi connectivity index (χ2n) is 3.65. The molecular formula is C8H15NO2. The Bertz CT molecular complexity index is 163. The summed E-state index contributed by atoms with van der Waals surface area (Å²) in [7, 11) is 0. The minimum atomic E-state index is 0.185. The van der Waals surface area contributed by atoms with Crippen molar-refractivity contribution in [2.45, 2.75) is 27.2 Å². The summed E-state index contributed by atoms with van der Waals surface area (Å²) in [5.74, 6) is 0.625. The van der Waals surface area contributed by atoms with E-state index in [4.69, 9.17) is 9.57 Å². The van der Waals surface area contributed by atoms with Gasteiger partial charge in [0.1, 0.15) is 6.61 Å². The van der Waals surface area contributed by atoms with Gasteiger partial charge in [-0.2, -0.15) is 0 Å². The van der Waals surface area contributed by atoms with E-state index in [1.54, 1.807) is 6.92 Å². The van der Waals surface area contributed by atoms with Crippen molar-refractivity contribution >= 4 is 5.90 Å². The maximum absolute atomic E-state index is 5.24. The first-order valence-electron chi connectivity index (χ1n) is 3.89. The van der Waals surface area contributed by atoms with E-state index in [1.807, 2.05) is 0 Å². The third-order valence-corrected chi connectivity index (χ3v) is 1.74. The summed E-state index contributed by atoms with van der Waals surface area (Å²) >= 11 is 0. The molecule has 64 valence electrons. The first kappa shape index (κ1) is 8.37. The number of ether oxygens (including phenoxy) is 1. The van der Waals surface area contributed by atoms with Gasteiger partial charge in [-0.25, -0.2) is 0 Å². The maximum Gasteiger partial charge on any atom is 0.222 e. The summed E-state index contributed by atoms with van der Waals surface area (Å²) < 4.78 is 5.24. The van der Waals surface area contributed by atoms with E-state index in [2.05, 4.69) is 19.0 Å². The van der Waals surface area contributed by atoms with Gasteiger partial charge in [-0.15, -0.1) is 0 Å². The van der Waals surface area contributed by atoms with Gasteiger partial charge in [-0.1, -0.05) is 19.0 Å². The quantitative estimate of drug-likeness (QED) is 0.536. The van der Waals surface area contributed by atoms with Gasteiger partial charge in [0, 0.05) is 12.3 Å². The van der Waals surface area contributed by atoms with Gasteiger partial charge < -0.3 is 9.57 Å². The molecule has 3 heteroatoms. The van der Waals surface area contributed by atoms with Crippen molar-refractivity contribution in [3.63, 3.8) is 0 Å². The molecule has 0 N–H and O–H groups in total. The van der Waals surface area contributed by atoms with Crippen LogP contribution in [0.2, 0.25) is 0 Å². The van der Waals surface area contributed by atoms with Crippen LogP contribution >= 0.6 is 0 Å². The topological polar surface area (TPSA) is 30.8 Å². The summed E-state index contributed by atoms with van der Waals surface area (Å²) in [5.41, 5.74) is 0.185. The van der Waals surface area contributed by atoms with Gasteiger partial charge in [-0.3, -0.25) is 0 Å². The molecule has 0 aromatic heterocycles. The molecule has 0 saturated carbocycles. The summed E-state index contributed by atoms with van der Waals surface area (Å²) in [6, 6.07) is 0. The molecule has 0 spiro atoms. The highest BCUT2D eigenvalue weighted by atomic mass is 16.6. The van der Waals surface area contributed by atoms with Gasteiger partial charge in [-0.05, 0) is 6.42 Å². The van der Waals surface area contributed by atoms with Crippen molar-refractivity contribution < 1.29 is 9.57 Å². The Morgan fingerprint density at radius 2 is 2.18 bits per heavy atom. The largest absolute Gasteiger partial charge is 0.479 e. The maximum atomic E-state index is 5.24. The van der Waals surface area contributed by atoms with Crippen molar-refractivity contribution in [2.75, 3.05) is 13.2 Å². The molecule has 0 saturated heterocycles. The standard InChI is InChI=1S/C8H15NO2/c1-7-9-11-6-8(2,3)4-5-10-7/h4-6H2,1-3H3/b9-7-. The molecule has 1 aliphatic rings. The lowest BCUT2D eigenvalue weighted by atomic mass is 9.91. The Morgan fingerprint density at radius 3 is 2.91 bits per heavy atom. The van der Waals surface area contributed by atoms with E-state index in [0.29, 0.717) is 12.5 Å². The molecule has 1 heterocycles. The van der Waals surface area contributed by atoms with Crippen molar-refractivity contribution in [1.82, 2.24) is 0 Å².